The van der Waals surface area contributed by atoms with Crippen molar-refractivity contribution in [1.29, 1.82) is 0 Å². The number of hydrogen-bond donors (Lipinski definition) is 1. The Morgan fingerprint density at radius 3 is 2.41 bits per heavy atom. The van der Waals surface area contributed by atoms with Crippen molar-refractivity contribution >= 4 is 17.6 Å². The lowest BCUT2D eigenvalue weighted by molar-refractivity contribution is -0.141. The minimum Gasteiger partial charge on any atom is -0.480 e. The van der Waals surface area contributed by atoms with Crippen LogP contribution >= 0.6 is 0 Å². The summed E-state index contributed by atoms with van der Waals surface area (Å²) in [7, 11) is 1.40. The van der Waals surface area contributed by atoms with E-state index in [0.717, 1.165) is 16.7 Å². The van der Waals surface area contributed by atoms with Gasteiger partial charge in [0, 0.05) is 12.0 Å². The topological polar surface area (TPSA) is 79.2 Å². The number of carbonyl (C=O) groups is 2. The van der Waals surface area contributed by atoms with Gasteiger partial charge < -0.3 is 14.8 Å². The number of oxime groups is 1. The first-order valence-corrected chi connectivity index (χ1v) is 8.30. The third-order valence-corrected chi connectivity index (χ3v) is 4.51. The molecule has 2 aromatic carbocycles. The summed E-state index contributed by atoms with van der Waals surface area (Å²) in [6.45, 7) is 2.19. The fourth-order valence-electron chi connectivity index (χ4n) is 3.19. The van der Waals surface area contributed by atoms with E-state index in [1.807, 2.05) is 43.3 Å². The van der Waals surface area contributed by atoms with Crippen molar-refractivity contribution in [3.8, 4) is 11.1 Å². The molecular weight excluding hydrogens is 344 g/mol. The summed E-state index contributed by atoms with van der Waals surface area (Å²) in [5.74, 6) is -1.37. The summed E-state index contributed by atoms with van der Waals surface area (Å²) in [6, 6.07) is 14.3. The maximum absolute atomic E-state index is 12.8. The molecule has 6 heteroatoms. The number of aliphatic carboxylic acids is 1. The van der Waals surface area contributed by atoms with Gasteiger partial charge in [-0.25, -0.2) is 4.79 Å². The molecule has 1 aliphatic heterocycles. The van der Waals surface area contributed by atoms with Gasteiger partial charge in [-0.15, -0.1) is 0 Å². The number of amides is 1. The molecule has 1 heterocycles. The zero-order chi connectivity index (χ0) is 18.7. The predicted octanol–water partition coefficient (Wildman–Crippen LogP) is 3.60. The van der Waals surface area contributed by atoms with Crippen molar-refractivity contribution in [2.75, 3.05) is 13.7 Å². The second-order valence-corrected chi connectivity index (χ2v) is 6.22. The van der Waals surface area contributed by atoms with Gasteiger partial charge in [-0.05, 0) is 35.7 Å². The number of rotatable bonds is 4. The SMILES string of the molecule is C.CO/N=C1/C[C@@H](C(=O)O)N(C(=O)c2ccc(-c3ccccc3C)cc2)C1. The Kier molecular flexibility index (Phi) is 6.34. The Morgan fingerprint density at radius 2 is 1.81 bits per heavy atom. The van der Waals surface area contributed by atoms with Gasteiger partial charge in [-0.1, -0.05) is 49.0 Å². The van der Waals surface area contributed by atoms with E-state index in [1.165, 1.54) is 12.0 Å². The highest BCUT2D eigenvalue weighted by atomic mass is 16.6. The summed E-state index contributed by atoms with van der Waals surface area (Å²) in [6.07, 6.45) is 0.177. The zero-order valence-electron chi connectivity index (χ0n) is 14.7. The highest BCUT2D eigenvalue weighted by Gasteiger charge is 2.38. The molecule has 3 rings (SSSR count). The second-order valence-electron chi connectivity index (χ2n) is 6.22. The van der Waals surface area contributed by atoms with E-state index in [0.29, 0.717) is 11.3 Å². The van der Waals surface area contributed by atoms with Crippen molar-refractivity contribution in [1.82, 2.24) is 4.90 Å². The van der Waals surface area contributed by atoms with Crippen LogP contribution in [-0.4, -0.2) is 47.3 Å². The van der Waals surface area contributed by atoms with Gasteiger partial charge in [-0.2, -0.15) is 0 Å². The van der Waals surface area contributed by atoms with E-state index in [-0.39, 0.29) is 26.3 Å². The normalized spacial score (nSPS) is 17.5. The number of likely N-dealkylation sites (tertiary alicyclic amines) is 1. The van der Waals surface area contributed by atoms with Crippen LogP contribution in [0.25, 0.3) is 11.1 Å². The van der Waals surface area contributed by atoms with Crippen LogP contribution in [0, 0.1) is 6.92 Å². The molecule has 0 spiro atoms. The molecule has 0 unspecified atom stereocenters. The van der Waals surface area contributed by atoms with Crippen LogP contribution < -0.4 is 0 Å². The van der Waals surface area contributed by atoms with Gasteiger partial charge in [0.05, 0.1) is 12.3 Å². The zero-order valence-corrected chi connectivity index (χ0v) is 14.7. The molecule has 2 aromatic rings. The Hall–Kier alpha value is -3.15. The molecular formula is C21H24N2O4. The molecule has 6 nitrogen and oxygen atoms in total. The number of benzene rings is 2. The molecule has 1 atom stereocenters. The van der Waals surface area contributed by atoms with Crippen LogP contribution in [0.1, 0.15) is 29.8 Å². The Morgan fingerprint density at radius 1 is 1.15 bits per heavy atom. The highest BCUT2D eigenvalue weighted by molar-refractivity contribution is 6.04. The van der Waals surface area contributed by atoms with E-state index in [1.54, 1.807) is 12.1 Å². The Balaban J connectivity index is 0.00000261. The van der Waals surface area contributed by atoms with Crippen molar-refractivity contribution in [3.05, 3.63) is 59.7 Å². The number of carboxylic acid groups (broad SMARTS) is 1. The standard InChI is InChI=1S/C20H20N2O4.CH4/c1-13-5-3-4-6-17(13)14-7-9-15(10-8-14)19(23)22-12-16(21-26-2)11-18(22)20(24)25;/h3-10,18H,11-12H2,1-2H3,(H,24,25);1H4/b21-16-;/t18-;/m0./s1. The first kappa shape index (κ1) is 20.2. The smallest absolute Gasteiger partial charge is 0.326 e. The molecule has 1 amide bonds. The summed E-state index contributed by atoms with van der Waals surface area (Å²) >= 11 is 0. The monoisotopic (exact) mass is 368 g/mol. The largest absolute Gasteiger partial charge is 0.480 e. The van der Waals surface area contributed by atoms with Gasteiger partial charge in [0.1, 0.15) is 13.2 Å². The molecule has 0 radical (unpaired) electrons. The van der Waals surface area contributed by atoms with Crippen LogP contribution in [0.15, 0.2) is 53.7 Å². The van der Waals surface area contributed by atoms with Crippen molar-refractivity contribution in [2.45, 2.75) is 26.8 Å². The van der Waals surface area contributed by atoms with Crippen LogP contribution in [0.5, 0.6) is 0 Å². The predicted molar refractivity (Wildman–Crippen MR) is 105 cm³/mol. The molecule has 27 heavy (non-hydrogen) atoms. The van der Waals surface area contributed by atoms with Crippen molar-refractivity contribution < 1.29 is 19.5 Å². The average molecular weight is 368 g/mol. The van der Waals surface area contributed by atoms with Crippen molar-refractivity contribution in [2.24, 2.45) is 5.16 Å². The van der Waals surface area contributed by atoms with E-state index >= 15 is 0 Å². The third kappa shape index (κ3) is 4.16. The van der Waals surface area contributed by atoms with Crippen LogP contribution in [0.2, 0.25) is 0 Å². The third-order valence-electron chi connectivity index (χ3n) is 4.51. The lowest BCUT2D eigenvalue weighted by Crippen LogP contribution is -2.40. The van der Waals surface area contributed by atoms with Gasteiger partial charge in [0.2, 0.25) is 0 Å². The van der Waals surface area contributed by atoms with Crippen LogP contribution in [0.3, 0.4) is 0 Å². The summed E-state index contributed by atoms with van der Waals surface area (Å²) in [4.78, 5) is 30.3. The number of aryl methyl sites for hydroxylation is 1. The van der Waals surface area contributed by atoms with Crippen molar-refractivity contribution in [3.63, 3.8) is 0 Å². The minimum atomic E-state index is -1.05. The molecule has 0 saturated carbocycles. The molecule has 0 aromatic heterocycles. The lowest BCUT2D eigenvalue weighted by Gasteiger charge is -2.20. The van der Waals surface area contributed by atoms with Gasteiger partial charge in [0.15, 0.2) is 0 Å². The second kappa shape index (κ2) is 8.49. The number of carbonyl (C=O) groups excluding carboxylic acids is 1. The van der Waals surface area contributed by atoms with Gasteiger partial charge >= 0.3 is 5.97 Å². The number of carboxylic acids is 1. The van der Waals surface area contributed by atoms with E-state index in [2.05, 4.69) is 5.16 Å². The summed E-state index contributed by atoms with van der Waals surface area (Å²) < 4.78 is 0. The molecule has 0 bridgehead atoms. The minimum absolute atomic E-state index is 0. The Bertz CT molecular complexity index is 859. The molecule has 1 N–H and O–H groups in total. The highest BCUT2D eigenvalue weighted by Crippen LogP contribution is 2.25. The summed E-state index contributed by atoms with van der Waals surface area (Å²) in [5.41, 5.74) is 4.26. The molecule has 1 saturated heterocycles. The maximum atomic E-state index is 12.8. The number of hydrogen-bond acceptors (Lipinski definition) is 4. The summed E-state index contributed by atoms with van der Waals surface area (Å²) in [5, 5.41) is 13.2. The quantitative estimate of drug-likeness (QED) is 0.836. The molecule has 1 fully saturated rings. The average Bonchev–Trinajstić information content (AvgIpc) is 3.06. The first-order valence-electron chi connectivity index (χ1n) is 8.30. The Labute approximate surface area is 159 Å². The number of nitrogens with zero attached hydrogens (tertiary/aromatic N) is 2. The van der Waals surface area contributed by atoms with Crippen LogP contribution in [0.4, 0.5) is 0 Å². The molecule has 142 valence electrons. The first-order chi connectivity index (χ1) is 12.5. The van der Waals surface area contributed by atoms with E-state index in [4.69, 9.17) is 4.84 Å². The van der Waals surface area contributed by atoms with Crippen LogP contribution in [-0.2, 0) is 9.63 Å². The van der Waals surface area contributed by atoms with E-state index < -0.39 is 12.0 Å². The molecule has 0 aliphatic carbocycles. The lowest BCUT2D eigenvalue weighted by atomic mass is 9.99. The van der Waals surface area contributed by atoms with E-state index in [9.17, 15) is 14.7 Å². The van der Waals surface area contributed by atoms with Gasteiger partial charge in [-0.3, -0.25) is 4.79 Å². The fraction of sp³-hybridized carbons (Fsp3) is 0.286. The maximum Gasteiger partial charge on any atom is 0.326 e. The fourth-order valence-corrected chi connectivity index (χ4v) is 3.19. The van der Waals surface area contributed by atoms with Gasteiger partial charge in [0.25, 0.3) is 5.91 Å². The molecule has 1 aliphatic rings.